The zero-order chi connectivity index (χ0) is 11.5. The van der Waals surface area contributed by atoms with E-state index >= 15 is 0 Å². The Bertz CT molecular complexity index is 223. The second kappa shape index (κ2) is 4.84. The molecule has 0 aromatic heterocycles. The number of likely N-dealkylation sites (tertiary alicyclic amines) is 1. The first-order valence-corrected chi connectivity index (χ1v) is 5.70. The SMILES string of the molecule is C[NH2+][C@H]1CCCN(C(=O)OC(C)(C)C)C1. The zero-order valence-electron chi connectivity index (χ0n) is 10.2. The normalized spacial score (nSPS) is 22.7. The van der Waals surface area contributed by atoms with Gasteiger partial charge in [-0.05, 0) is 27.2 Å². The predicted octanol–water partition coefficient (Wildman–Crippen LogP) is 0.579. The standard InChI is InChI=1S/C11H22N2O2/c1-11(2,3)15-10(14)13-7-5-6-9(8-13)12-4/h9,12H,5-8H2,1-4H3/p+1/t9-/m0/s1. The summed E-state index contributed by atoms with van der Waals surface area (Å²) in [5.74, 6) is 0. The number of likely N-dealkylation sites (N-methyl/N-ethyl adjacent to an activating group) is 1. The van der Waals surface area contributed by atoms with Crippen molar-refractivity contribution in [2.24, 2.45) is 0 Å². The Balaban J connectivity index is 2.45. The Morgan fingerprint density at radius 1 is 1.47 bits per heavy atom. The molecule has 1 amide bonds. The van der Waals surface area contributed by atoms with Gasteiger partial charge in [0.2, 0.25) is 0 Å². The molecule has 15 heavy (non-hydrogen) atoms. The van der Waals surface area contributed by atoms with Crippen LogP contribution in [0.1, 0.15) is 33.6 Å². The van der Waals surface area contributed by atoms with Crippen molar-refractivity contribution in [2.45, 2.75) is 45.3 Å². The third-order valence-corrected chi connectivity index (χ3v) is 2.58. The summed E-state index contributed by atoms with van der Waals surface area (Å²) >= 11 is 0. The zero-order valence-corrected chi connectivity index (χ0v) is 10.2. The number of ether oxygens (including phenoxy) is 1. The number of nitrogens with two attached hydrogens (primary N) is 1. The van der Waals surface area contributed by atoms with Gasteiger partial charge in [-0.3, -0.25) is 0 Å². The van der Waals surface area contributed by atoms with Crippen molar-refractivity contribution < 1.29 is 14.8 Å². The summed E-state index contributed by atoms with van der Waals surface area (Å²) in [4.78, 5) is 13.6. The maximum atomic E-state index is 11.8. The molecule has 4 nitrogen and oxygen atoms in total. The maximum Gasteiger partial charge on any atom is 0.410 e. The summed E-state index contributed by atoms with van der Waals surface area (Å²) in [6.45, 7) is 7.35. The van der Waals surface area contributed by atoms with Crippen molar-refractivity contribution in [1.82, 2.24) is 4.90 Å². The lowest BCUT2D eigenvalue weighted by atomic mass is 10.1. The highest BCUT2D eigenvalue weighted by Crippen LogP contribution is 2.13. The van der Waals surface area contributed by atoms with Gasteiger partial charge in [-0.25, -0.2) is 4.79 Å². The lowest BCUT2D eigenvalue weighted by Gasteiger charge is -2.32. The van der Waals surface area contributed by atoms with Crippen LogP contribution in [0.2, 0.25) is 0 Å². The molecule has 1 aliphatic rings. The molecule has 0 bridgehead atoms. The number of hydrogen-bond acceptors (Lipinski definition) is 2. The molecule has 1 rings (SSSR count). The van der Waals surface area contributed by atoms with E-state index in [1.165, 1.54) is 6.42 Å². The van der Waals surface area contributed by atoms with E-state index in [9.17, 15) is 4.79 Å². The molecular formula is C11H23N2O2+. The topological polar surface area (TPSA) is 46.2 Å². The van der Waals surface area contributed by atoms with E-state index < -0.39 is 0 Å². The van der Waals surface area contributed by atoms with Crippen molar-refractivity contribution in [3.8, 4) is 0 Å². The van der Waals surface area contributed by atoms with E-state index in [-0.39, 0.29) is 11.7 Å². The molecule has 88 valence electrons. The molecular weight excluding hydrogens is 192 g/mol. The van der Waals surface area contributed by atoms with Crippen LogP contribution in [0, 0.1) is 0 Å². The highest BCUT2D eigenvalue weighted by molar-refractivity contribution is 5.68. The summed E-state index contributed by atoms with van der Waals surface area (Å²) in [5.41, 5.74) is -0.389. The molecule has 4 heteroatoms. The molecule has 0 radical (unpaired) electrons. The van der Waals surface area contributed by atoms with Crippen molar-refractivity contribution in [2.75, 3.05) is 20.1 Å². The summed E-state index contributed by atoms with van der Waals surface area (Å²) in [6.07, 6.45) is 2.10. The Hall–Kier alpha value is -0.770. The first kappa shape index (κ1) is 12.3. The van der Waals surface area contributed by atoms with Crippen molar-refractivity contribution in [3.63, 3.8) is 0 Å². The minimum atomic E-state index is -0.389. The molecule has 1 atom stereocenters. The molecule has 0 unspecified atom stereocenters. The number of carbonyl (C=O) groups is 1. The van der Waals surface area contributed by atoms with E-state index in [2.05, 4.69) is 12.4 Å². The molecule has 0 aromatic rings. The molecule has 1 fully saturated rings. The van der Waals surface area contributed by atoms with Crippen LogP contribution in [0.25, 0.3) is 0 Å². The van der Waals surface area contributed by atoms with Gasteiger partial charge in [0.15, 0.2) is 0 Å². The molecule has 2 N–H and O–H groups in total. The lowest BCUT2D eigenvalue weighted by Crippen LogP contribution is -2.88. The third-order valence-electron chi connectivity index (χ3n) is 2.58. The van der Waals surface area contributed by atoms with Gasteiger partial charge in [0.05, 0.1) is 13.6 Å². The first-order chi connectivity index (χ1) is 6.92. The third kappa shape index (κ3) is 4.08. The van der Waals surface area contributed by atoms with E-state index in [1.54, 1.807) is 0 Å². The number of quaternary nitrogens is 1. The fourth-order valence-corrected chi connectivity index (χ4v) is 1.77. The number of hydrogen-bond donors (Lipinski definition) is 1. The predicted molar refractivity (Wildman–Crippen MR) is 58.7 cm³/mol. The van der Waals surface area contributed by atoms with Crippen LogP contribution in [0.3, 0.4) is 0 Å². The summed E-state index contributed by atoms with van der Waals surface area (Å²) in [7, 11) is 2.06. The van der Waals surface area contributed by atoms with Gasteiger partial charge in [-0.1, -0.05) is 0 Å². The number of amides is 1. The van der Waals surface area contributed by atoms with Gasteiger partial charge in [0.25, 0.3) is 0 Å². The smallest absolute Gasteiger partial charge is 0.410 e. The van der Waals surface area contributed by atoms with Gasteiger partial charge < -0.3 is 15.0 Å². The van der Waals surface area contributed by atoms with Crippen LogP contribution >= 0.6 is 0 Å². The Morgan fingerprint density at radius 2 is 2.13 bits per heavy atom. The molecule has 0 saturated carbocycles. The molecule has 0 spiro atoms. The van der Waals surface area contributed by atoms with Crippen molar-refractivity contribution in [1.29, 1.82) is 0 Å². The van der Waals surface area contributed by atoms with Gasteiger partial charge >= 0.3 is 6.09 Å². The number of piperidine rings is 1. The summed E-state index contributed by atoms with van der Waals surface area (Å²) in [6, 6.07) is 0.534. The minimum absolute atomic E-state index is 0.172. The Labute approximate surface area is 92.0 Å². The van der Waals surface area contributed by atoms with Gasteiger partial charge in [0, 0.05) is 13.0 Å². The highest BCUT2D eigenvalue weighted by Gasteiger charge is 2.28. The summed E-state index contributed by atoms with van der Waals surface area (Å²) in [5, 5.41) is 2.18. The maximum absolute atomic E-state index is 11.8. The monoisotopic (exact) mass is 215 g/mol. The first-order valence-electron chi connectivity index (χ1n) is 5.70. The van der Waals surface area contributed by atoms with Crippen molar-refractivity contribution in [3.05, 3.63) is 0 Å². The molecule has 1 saturated heterocycles. The van der Waals surface area contributed by atoms with Crippen LogP contribution in [0.5, 0.6) is 0 Å². The van der Waals surface area contributed by atoms with Crippen LogP contribution in [-0.4, -0.2) is 42.8 Å². The van der Waals surface area contributed by atoms with Gasteiger partial charge in [-0.2, -0.15) is 0 Å². The average Bonchev–Trinajstić information content (AvgIpc) is 2.15. The molecule has 0 aliphatic carbocycles. The fraction of sp³-hybridized carbons (Fsp3) is 0.909. The van der Waals surface area contributed by atoms with E-state index in [0.717, 1.165) is 19.5 Å². The van der Waals surface area contributed by atoms with Crippen LogP contribution in [0.15, 0.2) is 0 Å². The molecule has 1 aliphatic heterocycles. The quantitative estimate of drug-likeness (QED) is 0.695. The van der Waals surface area contributed by atoms with E-state index in [0.29, 0.717) is 6.04 Å². The van der Waals surface area contributed by atoms with Crippen LogP contribution in [-0.2, 0) is 4.74 Å². The second-order valence-corrected chi connectivity index (χ2v) is 5.16. The molecule has 1 heterocycles. The minimum Gasteiger partial charge on any atom is -0.444 e. The van der Waals surface area contributed by atoms with Crippen LogP contribution < -0.4 is 5.32 Å². The van der Waals surface area contributed by atoms with E-state index in [1.807, 2.05) is 25.7 Å². The number of nitrogens with zero attached hydrogens (tertiary/aromatic N) is 1. The average molecular weight is 215 g/mol. The van der Waals surface area contributed by atoms with Crippen LogP contribution in [0.4, 0.5) is 4.79 Å². The number of rotatable bonds is 1. The van der Waals surface area contributed by atoms with Gasteiger partial charge in [0.1, 0.15) is 11.6 Å². The Morgan fingerprint density at radius 3 is 2.67 bits per heavy atom. The Kier molecular flexibility index (Phi) is 3.97. The number of carbonyl (C=O) groups excluding carboxylic acids is 1. The highest BCUT2D eigenvalue weighted by atomic mass is 16.6. The lowest BCUT2D eigenvalue weighted by molar-refractivity contribution is -0.665. The second-order valence-electron chi connectivity index (χ2n) is 5.16. The fourth-order valence-electron chi connectivity index (χ4n) is 1.77. The molecule has 0 aromatic carbocycles. The van der Waals surface area contributed by atoms with Gasteiger partial charge in [-0.15, -0.1) is 0 Å². The van der Waals surface area contributed by atoms with E-state index in [4.69, 9.17) is 4.74 Å². The summed E-state index contributed by atoms with van der Waals surface area (Å²) < 4.78 is 5.34. The largest absolute Gasteiger partial charge is 0.444 e. The van der Waals surface area contributed by atoms with Crippen molar-refractivity contribution >= 4 is 6.09 Å².